The van der Waals surface area contributed by atoms with Crippen LogP contribution < -0.4 is 5.32 Å². The fraction of sp³-hybridized carbons (Fsp3) is 0.333. The standard InChI is InChI=1S/C12H12N2OS/c1-7-5-8(2)11-10(6-7)16-9(3-4-13)12(15)14-11/h5-6,9H,3H2,1-2H3,(H,14,15). The molecule has 2 rings (SSSR count). The average Bonchev–Trinajstić information content (AvgIpc) is 2.21. The van der Waals surface area contributed by atoms with Gasteiger partial charge in [0.15, 0.2) is 0 Å². The second-order valence-corrected chi connectivity index (χ2v) is 5.16. The first-order valence-electron chi connectivity index (χ1n) is 5.07. The van der Waals surface area contributed by atoms with Crippen molar-refractivity contribution in [2.75, 3.05) is 5.32 Å². The lowest BCUT2D eigenvalue weighted by molar-refractivity contribution is -0.115. The van der Waals surface area contributed by atoms with E-state index in [-0.39, 0.29) is 17.6 Å². The van der Waals surface area contributed by atoms with Gasteiger partial charge in [0.2, 0.25) is 5.91 Å². The van der Waals surface area contributed by atoms with Crippen molar-refractivity contribution in [3.63, 3.8) is 0 Å². The van der Waals surface area contributed by atoms with Gasteiger partial charge in [-0.25, -0.2) is 0 Å². The molecule has 0 radical (unpaired) electrons. The maximum absolute atomic E-state index is 11.7. The molecule has 1 aromatic carbocycles. The topological polar surface area (TPSA) is 52.9 Å². The van der Waals surface area contributed by atoms with Crippen LogP contribution in [0.3, 0.4) is 0 Å². The van der Waals surface area contributed by atoms with Crippen molar-refractivity contribution in [1.82, 2.24) is 0 Å². The zero-order chi connectivity index (χ0) is 11.7. The molecule has 0 spiro atoms. The van der Waals surface area contributed by atoms with Crippen LogP contribution in [0.15, 0.2) is 17.0 Å². The van der Waals surface area contributed by atoms with E-state index < -0.39 is 0 Å². The third-order valence-electron chi connectivity index (χ3n) is 2.53. The predicted octanol–water partition coefficient (Wildman–Crippen LogP) is 2.63. The van der Waals surface area contributed by atoms with Crippen LogP contribution >= 0.6 is 11.8 Å². The third-order valence-corrected chi connectivity index (χ3v) is 3.77. The normalized spacial score (nSPS) is 18.6. The number of hydrogen-bond acceptors (Lipinski definition) is 3. The zero-order valence-corrected chi connectivity index (χ0v) is 10.0. The van der Waals surface area contributed by atoms with Crippen LogP contribution in [0, 0.1) is 25.2 Å². The van der Waals surface area contributed by atoms with Gasteiger partial charge >= 0.3 is 0 Å². The van der Waals surface area contributed by atoms with Crippen molar-refractivity contribution in [2.45, 2.75) is 30.4 Å². The highest BCUT2D eigenvalue weighted by Crippen LogP contribution is 2.39. The van der Waals surface area contributed by atoms with Crippen LogP contribution in [-0.4, -0.2) is 11.2 Å². The Morgan fingerprint density at radius 1 is 1.50 bits per heavy atom. The predicted molar refractivity (Wildman–Crippen MR) is 64.4 cm³/mol. The molecule has 4 heteroatoms. The minimum absolute atomic E-state index is 0.0639. The summed E-state index contributed by atoms with van der Waals surface area (Å²) in [5, 5.41) is 11.3. The van der Waals surface area contributed by atoms with E-state index in [2.05, 4.69) is 11.4 Å². The number of nitrogens with one attached hydrogen (secondary N) is 1. The Kier molecular flexibility index (Phi) is 2.88. The van der Waals surface area contributed by atoms with Crippen molar-refractivity contribution >= 4 is 23.4 Å². The molecular weight excluding hydrogens is 220 g/mol. The summed E-state index contributed by atoms with van der Waals surface area (Å²) < 4.78 is 0. The van der Waals surface area contributed by atoms with E-state index in [1.165, 1.54) is 17.3 Å². The fourth-order valence-corrected chi connectivity index (χ4v) is 3.02. The molecule has 1 N–H and O–H groups in total. The van der Waals surface area contributed by atoms with Gasteiger partial charge in [0.05, 0.1) is 18.2 Å². The fourth-order valence-electron chi connectivity index (χ4n) is 1.81. The number of carbonyl (C=O) groups excluding carboxylic acids is 1. The molecular formula is C12H12N2OS. The van der Waals surface area contributed by atoms with Gasteiger partial charge in [-0.05, 0) is 31.0 Å². The van der Waals surface area contributed by atoms with Crippen molar-refractivity contribution in [2.24, 2.45) is 0 Å². The maximum atomic E-state index is 11.7. The molecule has 1 aliphatic rings. The van der Waals surface area contributed by atoms with Crippen LogP contribution in [0.2, 0.25) is 0 Å². The first-order chi connectivity index (χ1) is 7.61. The second kappa shape index (κ2) is 4.18. The van der Waals surface area contributed by atoms with Gasteiger partial charge in [0.25, 0.3) is 0 Å². The highest BCUT2D eigenvalue weighted by molar-refractivity contribution is 8.01. The van der Waals surface area contributed by atoms with Gasteiger partial charge in [0.1, 0.15) is 5.25 Å². The molecule has 0 fully saturated rings. The molecule has 1 atom stereocenters. The third kappa shape index (κ3) is 1.91. The van der Waals surface area contributed by atoms with Crippen LogP contribution in [0.1, 0.15) is 17.5 Å². The van der Waals surface area contributed by atoms with Crippen LogP contribution in [0.5, 0.6) is 0 Å². The van der Waals surface area contributed by atoms with E-state index in [9.17, 15) is 4.79 Å². The number of rotatable bonds is 1. The van der Waals surface area contributed by atoms with E-state index >= 15 is 0 Å². The van der Waals surface area contributed by atoms with Crippen molar-refractivity contribution in [3.05, 3.63) is 23.3 Å². The SMILES string of the molecule is Cc1cc(C)c2c(c1)SC(CC#N)C(=O)N2. The van der Waals surface area contributed by atoms with Crippen molar-refractivity contribution < 1.29 is 4.79 Å². The molecule has 1 heterocycles. The summed E-state index contributed by atoms with van der Waals surface area (Å²) in [5.41, 5.74) is 3.15. The molecule has 1 amide bonds. The summed E-state index contributed by atoms with van der Waals surface area (Å²) in [6.45, 7) is 4.01. The second-order valence-electron chi connectivity index (χ2n) is 3.91. The van der Waals surface area contributed by atoms with E-state index in [1.54, 1.807) is 0 Å². The van der Waals surface area contributed by atoms with E-state index in [1.807, 2.05) is 26.0 Å². The number of hydrogen-bond donors (Lipinski definition) is 1. The van der Waals surface area contributed by atoms with Crippen molar-refractivity contribution in [1.29, 1.82) is 5.26 Å². The lowest BCUT2D eigenvalue weighted by Crippen LogP contribution is -2.29. The van der Waals surface area contributed by atoms with Crippen molar-refractivity contribution in [3.8, 4) is 6.07 Å². The number of aryl methyl sites for hydroxylation is 2. The number of amides is 1. The molecule has 0 bridgehead atoms. The van der Waals surface area contributed by atoms with E-state index in [0.29, 0.717) is 0 Å². The number of nitriles is 1. The Morgan fingerprint density at radius 2 is 2.25 bits per heavy atom. The quantitative estimate of drug-likeness (QED) is 0.809. The van der Waals surface area contributed by atoms with E-state index in [0.717, 1.165) is 16.1 Å². The molecule has 0 aliphatic carbocycles. The van der Waals surface area contributed by atoms with E-state index in [4.69, 9.17) is 5.26 Å². The van der Waals surface area contributed by atoms with Crippen LogP contribution in [-0.2, 0) is 4.79 Å². The Labute approximate surface area is 98.8 Å². The lowest BCUT2D eigenvalue weighted by Gasteiger charge is -2.24. The Bertz CT molecular complexity index is 491. The molecule has 0 saturated heterocycles. The number of fused-ring (bicyclic) bond motifs is 1. The lowest BCUT2D eigenvalue weighted by atomic mass is 10.1. The Hall–Kier alpha value is -1.47. The monoisotopic (exact) mass is 232 g/mol. The molecule has 82 valence electrons. The van der Waals surface area contributed by atoms with Gasteiger partial charge in [-0.2, -0.15) is 5.26 Å². The van der Waals surface area contributed by atoms with Gasteiger partial charge in [0, 0.05) is 4.90 Å². The molecule has 3 nitrogen and oxygen atoms in total. The Balaban J connectivity index is 2.40. The molecule has 1 aliphatic heterocycles. The molecule has 1 unspecified atom stereocenters. The number of thioether (sulfide) groups is 1. The largest absolute Gasteiger partial charge is 0.324 e. The molecule has 16 heavy (non-hydrogen) atoms. The minimum Gasteiger partial charge on any atom is -0.324 e. The first-order valence-corrected chi connectivity index (χ1v) is 5.95. The minimum atomic E-state index is -0.279. The summed E-state index contributed by atoms with van der Waals surface area (Å²) in [7, 11) is 0. The highest BCUT2D eigenvalue weighted by atomic mass is 32.2. The molecule has 0 aromatic heterocycles. The number of benzene rings is 1. The zero-order valence-electron chi connectivity index (χ0n) is 9.20. The summed E-state index contributed by atoms with van der Waals surface area (Å²) in [5.74, 6) is -0.0639. The summed E-state index contributed by atoms with van der Waals surface area (Å²) in [6, 6.07) is 6.14. The van der Waals surface area contributed by atoms with Crippen LogP contribution in [0.4, 0.5) is 5.69 Å². The van der Waals surface area contributed by atoms with Gasteiger partial charge in [-0.1, -0.05) is 6.07 Å². The van der Waals surface area contributed by atoms with Gasteiger partial charge in [-0.15, -0.1) is 11.8 Å². The smallest absolute Gasteiger partial charge is 0.238 e. The first kappa shape index (κ1) is 11.0. The van der Waals surface area contributed by atoms with Crippen LogP contribution in [0.25, 0.3) is 0 Å². The molecule has 1 aromatic rings. The highest BCUT2D eigenvalue weighted by Gasteiger charge is 2.27. The Morgan fingerprint density at radius 3 is 2.94 bits per heavy atom. The summed E-state index contributed by atoms with van der Waals surface area (Å²) in [6.07, 6.45) is 0.253. The molecule has 0 saturated carbocycles. The van der Waals surface area contributed by atoms with Gasteiger partial charge < -0.3 is 5.32 Å². The number of anilines is 1. The average molecular weight is 232 g/mol. The summed E-state index contributed by atoms with van der Waals surface area (Å²) >= 11 is 1.48. The van der Waals surface area contributed by atoms with Gasteiger partial charge in [-0.3, -0.25) is 4.79 Å². The summed E-state index contributed by atoms with van der Waals surface area (Å²) in [4.78, 5) is 12.8. The number of nitrogens with zero attached hydrogens (tertiary/aromatic N) is 1. The number of carbonyl (C=O) groups is 1. The maximum Gasteiger partial charge on any atom is 0.238 e.